The van der Waals surface area contributed by atoms with Crippen molar-refractivity contribution in [3.8, 4) is 0 Å². The molecule has 4 heteroatoms. The Morgan fingerprint density at radius 3 is 2.53 bits per heavy atom. The standard InChI is InChI=1S/C9H9N2O.C2H6.Tl/c1-6-3-4-7-8(5-6)11(2)9(12)10-7;1-2;/h3,5H,1-2H3,(H,10,12);1-2H3;. The molecule has 15 heavy (non-hydrogen) atoms. The summed E-state index contributed by atoms with van der Waals surface area (Å²) in [6.45, 7) is 6.06. The topological polar surface area (TPSA) is 37.8 Å². The molecule has 0 fully saturated rings. The molecular formula is C11H15N2OTl. The van der Waals surface area contributed by atoms with E-state index in [-0.39, 0.29) is 5.69 Å². The molecule has 0 aliphatic rings. The van der Waals surface area contributed by atoms with Gasteiger partial charge in [-0.25, -0.2) is 0 Å². The van der Waals surface area contributed by atoms with E-state index >= 15 is 0 Å². The number of imidazole rings is 1. The Morgan fingerprint density at radius 1 is 1.33 bits per heavy atom. The zero-order valence-electron chi connectivity index (χ0n) is 9.59. The predicted octanol–water partition coefficient (Wildman–Crippen LogP) is 0.995. The zero-order chi connectivity index (χ0) is 11.6. The van der Waals surface area contributed by atoms with E-state index in [0.717, 1.165) is 36.8 Å². The number of fused-ring (bicyclic) bond motifs is 1. The number of H-pyrrole nitrogens is 1. The Labute approximate surface area is 105 Å². The summed E-state index contributed by atoms with van der Waals surface area (Å²) in [4.78, 5) is 14.2. The first-order chi connectivity index (χ1) is 7.09. The van der Waals surface area contributed by atoms with Gasteiger partial charge >= 0.3 is 91.6 Å². The molecule has 0 unspecified atom stereocenters. The summed E-state index contributed by atoms with van der Waals surface area (Å²) >= 11 is 0.755. The van der Waals surface area contributed by atoms with Gasteiger partial charge in [0.15, 0.2) is 0 Å². The normalized spacial score (nSPS) is 9.80. The summed E-state index contributed by atoms with van der Waals surface area (Å²) in [5.41, 5.74) is 3.23. The van der Waals surface area contributed by atoms with Crippen LogP contribution in [0.2, 0.25) is 0 Å². The van der Waals surface area contributed by atoms with E-state index in [1.165, 1.54) is 8.69 Å². The van der Waals surface area contributed by atoms with Crippen LogP contribution in [0.5, 0.6) is 0 Å². The molecule has 0 atom stereocenters. The first kappa shape index (κ1) is 12.5. The average molecular weight is 396 g/mol. The molecule has 0 saturated heterocycles. The van der Waals surface area contributed by atoms with Gasteiger partial charge in [0, 0.05) is 0 Å². The monoisotopic (exact) mass is 396 g/mol. The van der Waals surface area contributed by atoms with E-state index in [0.29, 0.717) is 0 Å². The van der Waals surface area contributed by atoms with Crippen LogP contribution >= 0.6 is 0 Å². The first-order valence-corrected chi connectivity index (χ1v) is 7.29. The van der Waals surface area contributed by atoms with Crippen LogP contribution in [0.25, 0.3) is 11.0 Å². The molecule has 2 aromatic rings. The Balaban J connectivity index is 0.000000531. The Kier molecular flexibility index (Phi) is 4.13. The van der Waals surface area contributed by atoms with Gasteiger partial charge in [0.2, 0.25) is 0 Å². The number of nitrogens with one attached hydrogen (secondary N) is 1. The van der Waals surface area contributed by atoms with Crippen molar-refractivity contribution in [3.63, 3.8) is 0 Å². The van der Waals surface area contributed by atoms with Gasteiger partial charge in [-0.1, -0.05) is 13.8 Å². The number of aromatic amines is 1. The molecule has 0 radical (unpaired) electrons. The fraction of sp³-hybridized carbons (Fsp3) is 0.364. The van der Waals surface area contributed by atoms with Crippen molar-refractivity contribution in [2.75, 3.05) is 0 Å². The summed E-state index contributed by atoms with van der Waals surface area (Å²) < 4.78 is 2.95. The van der Waals surface area contributed by atoms with E-state index in [2.05, 4.69) is 18.0 Å². The molecule has 0 aliphatic carbocycles. The van der Waals surface area contributed by atoms with Crippen LogP contribution in [0, 0.1) is 6.92 Å². The van der Waals surface area contributed by atoms with Gasteiger partial charge < -0.3 is 0 Å². The second-order valence-corrected chi connectivity index (χ2v) is 5.66. The number of hydrogen-bond donors (Lipinski definition) is 1. The van der Waals surface area contributed by atoms with E-state index in [1.807, 2.05) is 19.9 Å². The predicted molar refractivity (Wildman–Crippen MR) is 65.0 cm³/mol. The van der Waals surface area contributed by atoms with Crippen molar-refractivity contribution in [1.82, 2.24) is 9.55 Å². The molecule has 0 amide bonds. The molecule has 2 rings (SSSR count). The maximum atomic E-state index is 11.3. The third-order valence-electron chi connectivity index (χ3n) is 2.19. The second-order valence-electron chi connectivity index (χ2n) is 3.24. The molecule has 1 aromatic carbocycles. The van der Waals surface area contributed by atoms with Gasteiger partial charge in [0.25, 0.3) is 0 Å². The van der Waals surface area contributed by atoms with Gasteiger partial charge in [0.1, 0.15) is 0 Å². The third kappa shape index (κ3) is 2.32. The third-order valence-corrected chi connectivity index (χ3v) is 3.96. The zero-order valence-corrected chi connectivity index (χ0v) is 14.1. The van der Waals surface area contributed by atoms with E-state index in [1.54, 1.807) is 11.6 Å². The van der Waals surface area contributed by atoms with Crippen LogP contribution in [0.3, 0.4) is 0 Å². The fourth-order valence-corrected chi connectivity index (χ4v) is 3.37. The summed E-state index contributed by atoms with van der Waals surface area (Å²) in [5.74, 6) is 0. The summed E-state index contributed by atoms with van der Waals surface area (Å²) in [6.07, 6.45) is 0. The average Bonchev–Trinajstić information content (AvgIpc) is 2.49. The number of hydrogen-bond acceptors (Lipinski definition) is 1. The Bertz CT molecular complexity index is 525. The Morgan fingerprint density at radius 2 is 1.93 bits per heavy atom. The SMILES string of the molecule is CC.Cc1c[c]([Tl])c2[nH]c(=O)n(C)c2c1. The fourth-order valence-electron chi connectivity index (χ4n) is 1.50. The number of benzene rings is 1. The minimum absolute atomic E-state index is 0.0255. The molecule has 0 spiro atoms. The van der Waals surface area contributed by atoms with Crippen LogP contribution in [-0.2, 0) is 7.05 Å². The van der Waals surface area contributed by atoms with Crippen molar-refractivity contribution in [3.05, 3.63) is 28.2 Å². The Hall–Kier alpha value is -0.588. The molecule has 1 aromatic heterocycles. The molecule has 1 N–H and O–H groups in total. The van der Waals surface area contributed by atoms with Crippen LogP contribution in [0.4, 0.5) is 0 Å². The maximum absolute atomic E-state index is 11.3. The molecule has 3 nitrogen and oxygen atoms in total. The van der Waals surface area contributed by atoms with Crippen molar-refractivity contribution in [2.24, 2.45) is 7.05 Å². The van der Waals surface area contributed by atoms with Crippen molar-refractivity contribution < 1.29 is 0 Å². The molecule has 0 aliphatic heterocycles. The summed E-state index contributed by atoms with van der Waals surface area (Å²) in [6, 6.07) is 4.18. The number of aryl methyl sites for hydroxylation is 2. The van der Waals surface area contributed by atoms with E-state index in [9.17, 15) is 4.79 Å². The minimum atomic E-state index is -0.0255. The summed E-state index contributed by atoms with van der Waals surface area (Å²) in [5, 5.41) is 0. The number of nitrogens with zero attached hydrogens (tertiary/aromatic N) is 1. The van der Waals surface area contributed by atoms with Crippen LogP contribution in [0.15, 0.2) is 16.9 Å². The second kappa shape index (κ2) is 4.96. The van der Waals surface area contributed by atoms with Gasteiger partial charge in [-0.15, -0.1) is 0 Å². The van der Waals surface area contributed by atoms with Gasteiger partial charge in [-0.05, 0) is 0 Å². The first-order valence-electron chi connectivity index (χ1n) is 5.04. The van der Waals surface area contributed by atoms with Crippen molar-refractivity contribution in [2.45, 2.75) is 20.8 Å². The van der Waals surface area contributed by atoms with Gasteiger partial charge in [-0.3, -0.25) is 0 Å². The van der Waals surface area contributed by atoms with Gasteiger partial charge in [0.05, 0.1) is 0 Å². The molecular weight excluding hydrogens is 381 g/mol. The van der Waals surface area contributed by atoms with Gasteiger partial charge in [-0.2, -0.15) is 0 Å². The van der Waals surface area contributed by atoms with Crippen LogP contribution < -0.4 is 8.81 Å². The molecule has 0 bridgehead atoms. The summed E-state index contributed by atoms with van der Waals surface area (Å²) in [7, 11) is 1.80. The van der Waals surface area contributed by atoms with Crippen molar-refractivity contribution >= 4 is 39.9 Å². The molecule has 78 valence electrons. The van der Waals surface area contributed by atoms with Crippen LogP contribution in [-0.4, -0.2) is 35.3 Å². The van der Waals surface area contributed by atoms with E-state index in [4.69, 9.17) is 0 Å². The number of rotatable bonds is 0. The van der Waals surface area contributed by atoms with E-state index < -0.39 is 0 Å². The quantitative estimate of drug-likeness (QED) is 0.664. The molecule has 1 heterocycles. The van der Waals surface area contributed by atoms with Crippen molar-refractivity contribution in [1.29, 1.82) is 0 Å². The molecule has 0 saturated carbocycles. The number of aromatic nitrogens is 2. The van der Waals surface area contributed by atoms with Crippen LogP contribution in [0.1, 0.15) is 19.4 Å².